The third-order valence-corrected chi connectivity index (χ3v) is 3.39. The fourth-order valence-corrected chi connectivity index (χ4v) is 2.05. The Morgan fingerprint density at radius 2 is 2.06 bits per heavy atom. The number of nitrogens with two attached hydrogens (primary N) is 1. The first-order valence-corrected chi connectivity index (χ1v) is 6.14. The van der Waals surface area contributed by atoms with Gasteiger partial charge < -0.3 is 10.5 Å². The molecule has 0 aliphatic rings. The van der Waals surface area contributed by atoms with E-state index in [4.69, 9.17) is 22.1 Å². The Morgan fingerprint density at radius 3 is 2.47 bits per heavy atom. The van der Waals surface area contributed by atoms with Crippen molar-refractivity contribution >= 4 is 11.6 Å². The summed E-state index contributed by atoms with van der Waals surface area (Å²) in [7, 11) is 3.68. The van der Waals surface area contributed by atoms with Crippen molar-refractivity contribution in [3.63, 3.8) is 0 Å². The quantitative estimate of drug-likeness (QED) is 0.880. The molecule has 1 unspecified atom stereocenters. The van der Waals surface area contributed by atoms with Gasteiger partial charge in [0.25, 0.3) is 0 Å². The Hall–Kier alpha value is -0.770. The second-order valence-electron chi connectivity index (χ2n) is 4.40. The van der Waals surface area contributed by atoms with E-state index in [-0.39, 0.29) is 6.04 Å². The summed E-state index contributed by atoms with van der Waals surface area (Å²) in [5.74, 6) is 0.693. The van der Waals surface area contributed by atoms with Crippen LogP contribution in [0.3, 0.4) is 0 Å². The number of rotatable bonds is 5. The summed E-state index contributed by atoms with van der Waals surface area (Å²) >= 11 is 6.13. The molecule has 0 heterocycles. The van der Waals surface area contributed by atoms with Crippen molar-refractivity contribution < 1.29 is 4.74 Å². The van der Waals surface area contributed by atoms with E-state index >= 15 is 0 Å². The van der Waals surface area contributed by atoms with Crippen molar-refractivity contribution in [2.24, 2.45) is 5.73 Å². The molecule has 1 rings (SSSR count). The van der Waals surface area contributed by atoms with E-state index in [2.05, 4.69) is 25.8 Å². The molecule has 96 valence electrons. The standard InChI is InChI=1S/C13H21ClN2O/c1-9(2)16(3)12(8-15)10-5-6-13(17-4)11(14)7-10/h5-7,9,12H,8,15H2,1-4H3. The lowest BCUT2D eigenvalue weighted by atomic mass is 10.0. The van der Waals surface area contributed by atoms with Crippen LogP contribution in [0.5, 0.6) is 5.75 Å². The average Bonchev–Trinajstić information content (AvgIpc) is 2.30. The molecule has 0 aliphatic carbocycles. The first kappa shape index (κ1) is 14.3. The molecule has 0 amide bonds. The maximum absolute atomic E-state index is 6.13. The van der Waals surface area contributed by atoms with Crippen molar-refractivity contribution in [3.8, 4) is 5.75 Å². The van der Waals surface area contributed by atoms with Gasteiger partial charge in [-0.05, 0) is 38.6 Å². The fraction of sp³-hybridized carbons (Fsp3) is 0.538. The number of halogens is 1. The highest BCUT2D eigenvalue weighted by Crippen LogP contribution is 2.29. The number of methoxy groups -OCH3 is 1. The lowest BCUT2D eigenvalue weighted by molar-refractivity contribution is 0.201. The van der Waals surface area contributed by atoms with Crippen LogP contribution in [0.25, 0.3) is 0 Å². The van der Waals surface area contributed by atoms with Crippen LogP contribution in [-0.4, -0.2) is 31.6 Å². The predicted octanol–water partition coefficient (Wildman–Crippen LogP) is 2.69. The monoisotopic (exact) mass is 256 g/mol. The first-order chi connectivity index (χ1) is 8.01. The van der Waals surface area contributed by atoms with Gasteiger partial charge in [-0.2, -0.15) is 0 Å². The molecule has 0 saturated carbocycles. The number of hydrogen-bond donors (Lipinski definition) is 1. The van der Waals surface area contributed by atoms with Crippen LogP contribution in [0.15, 0.2) is 18.2 Å². The number of likely N-dealkylation sites (N-methyl/N-ethyl adjacent to an activating group) is 1. The molecular weight excluding hydrogens is 236 g/mol. The lowest BCUT2D eigenvalue weighted by Gasteiger charge is -2.31. The summed E-state index contributed by atoms with van der Waals surface area (Å²) in [5, 5.41) is 0.626. The molecule has 3 nitrogen and oxygen atoms in total. The third-order valence-electron chi connectivity index (χ3n) is 3.09. The average molecular weight is 257 g/mol. The molecule has 0 spiro atoms. The number of benzene rings is 1. The summed E-state index contributed by atoms with van der Waals surface area (Å²) < 4.78 is 5.14. The Bertz CT molecular complexity index is 368. The minimum absolute atomic E-state index is 0.179. The van der Waals surface area contributed by atoms with Gasteiger partial charge in [-0.25, -0.2) is 0 Å². The van der Waals surface area contributed by atoms with Gasteiger partial charge in [0.15, 0.2) is 0 Å². The molecule has 0 fully saturated rings. The van der Waals surface area contributed by atoms with Gasteiger partial charge in [-0.15, -0.1) is 0 Å². The van der Waals surface area contributed by atoms with Gasteiger partial charge in [0.1, 0.15) is 5.75 Å². The van der Waals surface area contributed by atoms with E-state index in [9.17, 15) is 0 Å². The van der Waals surface area contributed by atoms with Crippen LogP contribution in [-0.2, 0) is 0 Å². The highest BCUT2D eigenvalue weighted by atomic mass is 35.5. The first-order valence-electron chi connectivity index (χ1n) is 5.76. The molecule has 1 aromatic carbocycles. The van der Waals surface area contributed by atoms with Crippen molar-refractivity contribution in [2.45, 2.75) is 25.9 Å². The zero-order valence-electron chi connectivity index (χ0n) is 10.9. The molecule has 0 saturated heterocycles. The smallest absolute Gasteiger partial charge is 0.137 e. The number of hydrogen-bond acceptors (Lipinski definition) is 3. The van der Waals surface area contributed by atoms with E-state index in [1.54, 1.807) is 7.11 Å². The minimum Gasteiger partial charge on any atom is -0.495 e. The molecule has 1 aromatic rings. The number of nitrogens with zero attached hydrogens (tertiary/aromatic N) is 1. The molecule has 0 aliphatic heterocycles. The Kier molecular flexibility index (Phi) is 5.25. The summed E-state index contributed by atoms with van der Waals surface area (Å²) in [4.78, 5) is 2.23. The van der Waals surface area contributed by atoms with Crippen molar-refractivity contribution in [1.82, 2.24) is 4.90 Å². The van der Waals surface area contributed by atoms with Gasteiger partial charge in [-0.1, -0.05) is 17.7 Å². The largest absolute Gasteiger partial charge is 0.495 e. The maximum atomic E-state index is 6.13. The summed E-state index contributed by atoms with van der Waals surface area (Å²) in [5.41, 5.74) is 6.97. The zero-order valence-corrected chi connectivity index (χ0v) is 11.7. The van der Waals surface area contributed by atoms with Gasteiger partial charge in [0, 0.05) is 18.6 Å². The maximum Gasteiger partial charge on any atom is 0.137 e. The molecule has 4 heteroatoms. The fourth-order valence-electron chi connectivity index (χ4n) is 1.79. The van der Waals surface area contributed by atoms with Crippen molar-refractivity contribution in [3.05, 3.63) is 28.8 Å². The van der Waals surface area contributed by atoms with Crippen LogP contribution in [0.4, 0.5) is 0 Å². The molecule has 0 bridgehead atoms. The van der Waals surface area contributed by atoms with E-state index in [1.807, 2.05) is 18.2 Å². The molecule has 0 aromatic heterocycles. The summed E-state index contributed by atoms with van der Waals surface area (Å²) in [6.45, 7) is 4.86. The van der Waals surface area contributed by atoms with Crippen LogP contribution >= 0.6 is 11.6 Å². The normalized spacial score (nSPS) is 13.2. The number of ether oxygens (including phenoxy) is 1. The highest BCUT2D eigenvalue weighted by molar-refractivity contribution is 6.32. The predicted molar refractivity (Wildman–Crippen MR) is 72.7 cm³/mol. The van der Waals surface area contributed by atoms with Crippen LogP contribution < -0.4 is 10.5 Å². The van der Waals surface area contributed by atoms with Gasteiger partial charge in [0.05, 0.1) is 12.1 Å². The van der Waals surface area contributed by atoms with Crippen molar-refractivity contribution in [2.75, 3.05) is 20.7 Å². The van der Waals surface area contributed by atoms with Gasteiger partial charge in [-0.3, -0.25) is 4.90 Å². The second kappa shape index (κ2) is 6.24. The van der Waals surface area contributed by atoms with E-state index in [1.165, 1.54) is 0 Å². The topological polar surface area (TPSA) is 38.5 Å². The second-order valence-corrected chi connectivity index (χ2v) is 4.81. The van der Waals surface area contributed by atoms with Crippen LogP contribution in [0.2, 0.25) is 5.02 Å². The van der Waals surface area contributed by atoms with Gasteiger partial charge in [0.2, 0.25) is 0 Å². The molecule has 0 radical (unpaired) electrons. The van der Waals surface area contributed by atoms with E-state index in [0.717, 1.165) is 5.56 Å². The van der Waals surface area contributed by atoms with Crippen molar-refractivity contribution in [1.29, 1.82) is 0 Å². The Balaban J connectivity index is 3.00. The highest BCUT2D eigenvalue weighted by Gasteiger charge is 2.18. The Morgan fingerprint density at radius 1 is 1.41 bits per heavy atom. The summed E-state index contributed by atoms with van der Waals surface area (Å²) in [6.07, 6.45) is 0. The van der Waals surface area contributed by atoms with Crippen LogP contribution in [0, 0.1) is 0 Å². The molecular formula is C13H21ClN2O. The molecule has 1 atom stereocenters. The van der Waals surface area contributed by atoms with E-state index < -0.39 is 0 Å². The SMILES string of the molecule is COc1ccc(C(CN)N(C)C(C)C)cc1Cl. The molecule has 2 N–H and O–H groups in total. The van der Waals surface area contributed by atoms with Gasteiger partial charge >= 0.3 is 0 Å². The zero-order chi connectivity index (χ0) is 13.0. The minimum atomic E-state index is 0.179. The Labute approximate surface area is 109 Å². The third kappa shape index (κ3) is 3.35. The summed E-state index contributed by atoms with van der Waals surface area (Å²) in [6, 6.07) is 6.44. The lowest BCUT2D eigenvalue weighted by Crippen LogP contribution is -2.35. The molecule has 17 heavy (non-hydrogen) atoms. The van der Waals surface area contributed by atoms with Crippen LogP contribution in [0.1, 0.15) is 25.5 Å². The van der Waals surface area contributed by atoms with E-state index in [0.29, 0.717) is 23.4 Å².